The summed E-state index contributed by atoms with van der Waals surface area (Å²) in [4.78, 5) is 15.4. The maximum absolute atomic E-state index is 6.24. The van der Waals surface area contributed by atoms with Gasteiger partial charge >= 0.3 is 0 Å². The van der Waals surface area contributed by atoms with Crippen LogP contribution in [-0.2, 0) is 5.41 Å². The number of nitrogens with zero attached hydrogens (tertiary/aromatic N) is 3. The van der Waals surface area contributed by atoms with Crippen molar-refractivity contribution in [3.63, 3.8) is 0 Å². The molecule has 0 saturated heterocycles. The molecule has 0 saturated carbocycles. The van der Waals surface area contributed by atoms with Crippen molar-refractivity contribution in [3.8, 4) is 45.3 Å². The van der Waals surface area contributed by atoms with Crippen LogP contribution in [0, 0.1) is 0 Å². The summed E-state index contributed by atoms with van der Waals surface area (Å²) in [6.07, 6.45) is 0. The second-order valence-corrected chi connectivity index (χ2v) is 13.2. The Bertz CT molecular complexity index is 2760. The quantitative estimate of drug-likeness (QED) is 0.186. The van der Waals surface area contributed by atoms with Crippen LogP contribution in [0.1, 0.15) is 25.0 Å². The van der Waals surface area contributed by atoms with Crippen LogP contribution < -0.4 is 0 Å². The highest BCUT2D eigenvalue weighted by Gasteiger charge is 2.36. The Labute approximate surface area is 277 Å². The van der Waals surface area contributed by atoms with Crippen molar-refractivity contribution in [3.05, 3.63) is 151 Å². The van der Waals surface area contributed by atoms with Crippen LogP contribution in [0.5, 0.6) is 0 Å². The molecule has 9 aromatic rings. The molecule has 4 heteroatoms. The fourth-order valence-electron chi connectivity index (χ4n) is 7.78. The predicted molar refractivity (Wildman–Crippen MR) is 196 cm³/mol. The van der Waals surface area contributed by atoms with Gasteiger partial charge in [0.15, 0.2) is 17.5 Å². The first-order valence-corrected chi connectivity index (χ1v) is 16.4. The first kappa shape index (κ1) is 27.0. The van der Waals surface area contributed by atoms with Gasteiger partial charge in [-0.15, -0.1) is 0 Å². The van der Waals surface area contributed by atoms with Crippen LogP contribution in [0.4, 0.5) is 0 Å². The summed E-state index contributed by atoms with van der Waals surface area (Å²) >= 11 is 0. The molecular weight excluding hydrogens is 587 g/mol. The second kappa shape index (κ2) is 9.93. The van der Waals surface area contributed by atoms with Crippen LogP contribution in [0.3, 0.4) is 0 Å². The monoisotopic (exact) mass is 615 g/mol. The molecule has 2 heterocycles. The molecule has 0 N–H and O–H groups in total. The Kier molecular flexibility index (Phi) is 5.59. The average Bonchev–Trinajstić information content (AvgIpc) is 3.63. The topological polar surface area (TPSA) is 51.8 Å². The first-order chi connectivity index (χ1) is 23.5. The third-order valence-electron chi connectivity index (χ3n) is 10.1. The highest BCUT2D eigenvalue weighted by Crippen LogP contribution is 2.52. The highest BCUT2D eigenvalue weighted by molar-refractivity contribution is 6.17. The summed E-state index contributed by atoms with van der Waals surface area (Å²) in [5, 5.41) is 6.93. The minimum atomic E-state index is -0.0775. The fourth-order valence-corrected chi connectivity index (χ4v) is 7.78. The van der Waals surface area contributed by atoms with E-state index in [0.717, 1.165) is 38.6 Å². The Morgan fingerprint density at radius 2 is 1.12 bits per heavy atom. The van der Waals surface area contributed by atoms with E-state index in [4.69, 9.17) is 19.4 Å². The van der Waals surface area contributed by atoms with Gasteiger partial charge < -0.3 is 4.42 Å². The standard InChI is InChI=1S/C44H29N3O/c1-44(2)34-16-8-6-13-30(34)40-35(44)24-23-27-21-19-26-20-22-29(25-33(26)38(27)40)42-45-41(28-11-4-3-5-12-28)46-43(47-42)32-15-10-18-37-39(32)31-14-7-9-17-36(31)48-37/h3-25H,1-2H3. The van der Waals surface area contributed by atoms with Crippen LogP contribution in [0.2, 0.25) is 0 Å². The summed E-state index contributed by atoms with van der Waals surface area (Å²) in [5.41, 5.74) is 9.76. The smallest absolute Gasteiger partial charge is 0.164 e. The first-order valence-electron chi connectivity index (χ1n) is 16.4. The van der Waals surface area contributed by atoms with Gasteiger partial charge in [-0.3, -0.25) is 0 Å². The lowest BCUT2D eigenvalue weighted by molar-refractivity contribution is 0.661. The highest BCUT2D eigenvalue weighted by atomic mass is 16.3. The number of hydrogen-bond donors (Lipinski definition) is 0. The van der Waals surface area contributed by atoms with Crippen molar-refractivity contribution < 1.29 is 4.42 Å². The van der Waals surface area contributed by atoms with Crippen LogP contribution in [0.15, 0.2) is 144 Å². The number of hydrogen-bond acceptors (Lipinski definition) is 4. The van der Waals surface area contributed by atoms with E-state index in [-0.39, 0.29) is 5.41 Å². The molecule has 0 radical (unpaired) electrons. The third kappa shape index (κ3) is 3.86. The van der Waals surface area contributed by atoms with E-state index in [0.29, 0.717) is 17.5 Å². The molecule has 48 heavy (non-hydrogen) atoms. The lowest BCUT2D eigenvalue weighted by Gasteiger charge is -2.21. The van der Waals surface area contributed by atoms with Crippen molar-refractivity contribution in [2.45, 2.75) is 19.3 Å². The Morgan fingerprint density at radius 3 is 2.02 bits per heavy atom. The second-order valence-electron chi connectivity index (χ2n) is 13.2. The summed E-state index contributed by atoms with van der Waals surface area (Å²) < 4.78 is 6.24. The van der Waals surface area contributed by atoms with Gasteiger partial charge in [0.25, 0.3) is 0 Å². The van der Waals surface area contributed by atoms with E-state index in [1.54, 1.807) is 0 Å². The molecule has 226 valence electrons. The number of furan rings is 1. The average molecular weight is 616 g/mol. The zero-order chi connectivity index (χ0) is 32.0. The SMILES string of the molecule is CC1(C)c2ccccc2-c2c1ccc1ccc3ccc(-c4nc(-c5ccccc5)nc(-c5cccc6oc7ccccc7c56)n4)cc3c21. The summed E-state index contributed by atoms with van der Waals surface area (Å²) in [5.74, 6) is 1.89. The van der Waals surface area contributed by atoms with Gasteiger partial charge in [-0.25, -0.2) is 15.0 Å². The lowest BCUT2D eigenvalue weighted by atomic mass is 9.82. The van der Waals surface area contributed by atoms with E-state index in [2.05, 4.69) is 92.7 Å². The molecule has 0 unspecified atom stereocenters. The Hall–Kier alpha value is -6.13. The normalized spacial score (nSPS) is 13.4. The zero-order valence-electron chi connectivity index (χ0n) is 26.5. The molecule has 7 aromatic carbocycles. The van der Waals surface area contributed by atoms with E-state index >= 15 is 0 Å². The summed E-state index contributed by atoms with van der Waals surface area (Å²) in [7, 11) is 0. The third-order valence-corrected chi connectivity index (χ3v) is 10.1. The van der Waals surface area contributed by atoms with Gasteiger partial charge in [0.2, 0.25) is 0 Å². The molecule has 1 aliphatic rings. The predicted octanol–water partition coefficient (Wildman–Crippen LogP) is 11.4. The van der Waals surface area contributed by atoms with Crippen molar-refractivity contribution in [1.29, 1.82) is 0 Å². The molecule has 4 nitrogen and oxygen atoms in total. The lowest BCUT2D eigenvalue weighted by Crippen LogP contribution is -2.14. The maximum atomic E-state index is 6.24. The van der Waals surface area contributed by atoms with Crippen molar-refractivity contribution in [2.24, 2.45) is 0 Å². The van der Waals surface area contributed by atoms with Crippen molar-refractivity contribution >= 4 is 43.5 Å². The molecule has 0 aliphatic heterocycles. The van der Waals surface area contributed by atoms with Crippen molar-refractivity contribution in [1.82, 2.24) is 15.0 Å². The van der Waals surface area contributed by atoms with Crippen LogP contribution in [-0.4, -0.2) is 15.0 Å². The van der Waals surface area contributed by atoms with Gasteiger partial charge in [0.05, 0.1) is 0 Å². The molecule has 0 atom stereocenters. The fraction of sp³-hybridized carbons (Fsp3) is 0.0682. The van der Waals surface area contributed by atoms with Gasteiger partial charge in [-0.05, 0) is 62.0 Å². The molecular formula is C44H29N3O. The number of para-hydroxylation sites is 1. The van der Waals surface area contributed by atoms with Gasteiger partial charge in [-0.2, -0.15) is 0 Å². The largest absolute Gasteiger partial charge is 0.456 e. The van der Waals surface area contributed by atoms with Gasteiger partial charge in [-0.1, -0.05) is 135 Å². The van der Waals surface area contributed by atoms with Crippen LogP contribution >= 0.6 is 0 Å². The van der Waals surface area contributed by atoms with Gasteiger partial charge in [0, 0.05) is 32.9 Å². The molecule has 0 fully saturated rings. The minimum Gasteiger partial charge on any atom is -0.456 e. The molecule has 0 spiro atoms. The number of aromatic nitrogens is 3. The van der Waals surface area contributed by atoms with Crippen molar-refractivity contribution in [2.75, 3.05) is 0 Å². The van der Waals surface area contributed by atoms with Gasteiger partial charge in [0.1, 0.15) is 11.2 Å². The zero-order valence-corrected chi connectivity index (χ0v) is 26.5. The number of fused-ring (bicyclic) bond motifs is 10. The van der Waals surface area contributed by atoms with E-state index < -0.39 is 0 Å². The van der Waals surface area contributed by atoms with E-state index in [9.17, 15) is 0 Å². The summed E-state index contributed by atoms with van der Waals surface area (Å²) in [6.45, 7) is 4.67. The molecule has 2 aromatic heterocycles. The van der Waals surface area contributed by atoms with E-state index in [1.165, 1.54) is 43.8 Å². The molecule has 1 aliphatic carbocycles. The van der Waals surface area contributed by atoms with E-state index in [1.807, 2.05) is 60.7 Å². The Morgan fingerprint density at radius 1 is 0.458 bits per heavy atom. The maximum Gasteiger partial charge on any atom is 0.164 e. The van der Waals surface area contributed by atoms with Crippen LogP contribution in [0.25, 0.3) is 88.8 Å². The number of benzene rings is 7. The molecule has 0 amide bonds. The summed E-state index contributed by atoms with van der Waals surface area (Å²) in [6, 6.07) is 48.9. The molecule has 0 bridgehead atoms. The number of rotatable bonds is 3. The minimum absolute atomic E-state index is 0.0775. The Balaban J connectivity index is 1.25. The molecule has 10 rings (SSSR count).